The van der Waals surface area contributed by atoms with Crippen LogP contribution in [-0.2, 0) is 25.7 Å². The summed E-state index contributed by atoms with van der Waals surface area (Å²) in [5.74, 6) is -0.445. The molecular weight excluding hydrogens is 392 g/mol. The molecule has 0 saturated carbocycles. The number of methoxy groups -OCH3 is 1. The highest BCUT2D eigenvalue weighted by Crippen LogP contribution is 2.36. The number of anilines is 1. The molecule has 0 aliphatic carbocycles. The summed E-state index contributed by atoms with van der Waals surface area (Å²) >= 11 is 1.32. The summed E-state index contributed by atoms with van der Waals surface area (Å²) in [5.41, 5.74) is 1.64. The summed E-state index contributed by atoms with van der Waals surface area (Å²) in [5, 5.41) is 2.20. The van der Waals surface area contributed by atoms with Crippen LogP contribution in [0, 0.1) is 0 Å². The fraction of sp³-hybridized carbons (Fsp3) is 0.286. The Morgan fingerprint density at radius 1 is 1.17 bits per heavy atom. The molecule has 1 atom stereocenters. The number of hydrogen-bond acceptors (Lipinski definition) is 6. The van der Waals surface area contributed by atoms with Crippen LogP contribution in [0.3, 0.4) is 0 Å². The molecule has 1 N–H and O–H groups in total. The van der Waals surface area contributed by atoms with E-state index in [1.54, 1.807) is 14.2 Å². The monoisotopic (exact) mass is 414 g/mol. The van der Waals surface area contributed by atoms with Crippen LogP contribution in [-0.4, -0.2) is 48.7 Å². The fourth-order valence-electron chi connectivity index (χ4n) is 2.82. The van der Waals surface area contributed by atoms with Gasteiger partial charge in [0.2, 0.25) is 5.91 Å². The minimum absolute atomic E-state index is 0.0995. The van der Waals surface area contributed by atoms with Gasteiger partial charge in [-0.05, 0) is 29.8 Å². The first-order valence-electron chi connectivity index (χ1n) is 9.05. The fourth-order valence-corrected chi connectivity index (χ4v) is 3.92. The minimum Gasteiger partial charge on any atom is -0.497 e. The predicted molar refractivity (Wildman–Crippen MR) is 110 cm³/mol. The Morgan fingerprint density at radius 2 is 1.97 bits per heavy atom. The number of nitrogens with zero attached hydrogens (tertiary/aromatic N) is 1. The van der Waals surface area contributed by atoms with Crippen molar-refractivity contribution in [2.75, 3.05) is 26.1 Å². The van der Waals surface area contributed by atoms with Gasteiger partial charge in [0, 0.05) is 18.5 Å². The van der Waals surface area contributed by atoms with Crippen LogP contribution >= 0.6 is 11.8 Å². The van der Waals surface area contributed by atoms with Crippen molar-refractivity contribution >= 4 is 35.2 Å². The first-order valence-corrected chi connectivity index (χ1v) is 9.93. The highest BCUT2D eigenvalue weighted by atomic mass is 32.2. The Kier molecular flexibility index (Phi) is 6.77. The molecular formula is C21H22N2O5S. The minimum atomic E-state index is -0.583. The van der Waals surface area contributed by atoms with Gasteiger partial charge in [-0.25, -0.2) is 0 Å². The van der Waals surface area contributed by atoms with Crippen molar-refractivity contribution in [2.24, 2.45) is 0 Å². The zero-order chi connectivity index (χ0) is 20.8. The van der Waals surface area contributed by atoms with Crippen molar-refractivity contribution in [3.05, 3.63) is 54.1 Å². The average molecular weight is 414 g/mol. The largest absolute Gasteiger partial charge is 0.497 e. The first-order chi connectivity index (χ1) is 14.0. The van der Waals surface area contributed by atoms with E-state index in [1.165, 1.54) is 16.7 Å². The Balaban J connectivity index is 1.47. The van der Waals surface area contributed by atoms with Gasteiger partial charge in [0.25, 0.3) is 5.91 Å². The number of para-hydroxylation sites is 1. The molecule has 8 heteroatoms. The lowest BCUT2D eigenvalue weighted by Gasteiger charge is -2.23. The van der Waals surface area contributed by atoms with E-state index < -0.39 is 11.2 Å². The Bertz CT molecular complexity index is 917. The van der Waals surface area contributed by atoms with Crippen LogP contribution in [0.5, 0.6) is 5.75 Å². The molecule has 3 rings (SSSR count). The summed E-state index contributed by atoms with van der Waals surface area (Å²) in [7, 11) is 3.22. The number of carbonyl (C=O) groups excluding carboxylic acids is 3. The van der Waals surface area contributed by atoms with Gasteiger partial charge in [-0.3, -0.25) is 14.4 Å². The number of rotatable bonds is 7. The number of hydrogen-bond donors (Lipinski definition) is 1. The van der Waals surface area contributed by atoms with E-state index in [0.717, 1.165) is 16.1 Å². The topological polar surface area (TPSA) is 84.9 Å². The molecule has 152 valence electrons. The lowest BCUT2D eigenvalue weighted by Crippen LogP contribution is -2.33. The molecule has 0 bridgehead atoms. The number of benzene rings is 2. The molecule has 1 aliphatic rings. The van der Waals surface area contributed by atoms with Gasteiger partial charge in [-0.2, -0.15) is 0 Å². The van der Waals surface area contributed by atoms with E-state index in [1.807, 2.05) is 48.5 Å². The van der Waals surface area contributed by atoms with Crippen LogP contribution in [0.1, 0.15) is 12.0 Å². The number of carbonyl (C=O) groups is 3. The summed E-state index contributed by atoms with van der Waals surface area (Å²) in [6.07, 6.45) is -0.0995. The number of ether oxygens (including phenoxy) is 2. The highest BCUT2D eigenvalue weighted by Gasteiger charge is 2.29. The van der Waals surface area contributed by atoms with Crippen LogP contribution < -0.4 is 10.1 Å². The van der Waals surface area contributed by atoms with E-state index in [-0.39, 0.29) is 24.8 Å². The number of esters is 1. The number of thioether (sulfide) groups is 1. The third-order valence-corrected chi connectivity index (χ3v) is 5.67. The van der Waals surface area contributed by atoms with Gasteiger partial charge < -0.3 is 19.7 Å². The Morgan fingerprint density at radius 3 is 2.76 bits per heavy atom. The van der Waals surface area contributed by atoms with Crippen molar-refractivity contribution in [3.63, 3.8) is 0 Å². The molecule has 2 amide bonds. The third-order valence-electron chi connectivity index (χ3n) is 4.39. The molecule has 2 aromatic rings. The lowest BCUT2D eigenvalue weighted by molar-refractivity contribution is -0.152. The maximum Gasteiger partial charge on any atom is 0.307 e. The molecule has 29 heavy (non-hydrogen) atoms. The quantitative estimate of drug-likeness (QED) is 0.702. The van der Waals surface area contributed by atoms with Gasteiger partial charge in [0.05, 0.1) is 24.5 Å². The lowest BCUT2D eigenvalue weighted by atomic mass is 10.2. The standard InChI is InChI=1S/C21H22N2O5S/c1-23(12-14-6-5-7-15(10-14)27-2)19(24)13-28-20(25)11-18-21(26)22-16-8-3-4-9-17(16)29-18/h3-10,18H,11-13H2,1-2H3,(H,22,26)/t18-/m1/s1. The van der Waals surface area contributed by atoms with Crippen LogP contribution in [0.2, 0.25) is 0 Å². The Hall–Kier alpha value is -3.00. The van der Waals surface area contributed by atoms with Crippen LogP contribution in [0.25, 0.3) is 0 Å². The van der Waals surface area contributed by atoms with Gasteiger partial charge >= 0.3 is 5.97 Å². The van der Waals surface area contributed by atoms with Crippen molar-refractivity contribution in [1.29, 1.82) is 0 Å². The highest BCUT2D eigenvalue weighted by molar-refractivity contribution is 8.01. The average Bonchev–Trinajstić information content (AvgIpc) is 2.72. The summed E-state index contributed by atoms with van der Waals surface area (Å²) in [4.78, 5) is 38.9. The zero-order valence-electron chi connectivity index (χ0n) is 16.2. The number of fused-ring (bicyclic) bond motifs is 1. The van der Waals surface area contributed by atoms with E-state index in [4.69, 9.17) is 9.47 Å². The Labute approximate surface area is 173 Å². The van der Waals surface area contributed by atoms with Crippen molar-refractivity contribution < 1.29 is 23.9 Å². The van der Waals surface area contributed by atoms with Crippen molar-refractivity contribution in [1.82, 2.24) is 4.90 Å². The summed E-state index contributed by atoms with van der Waals surface area (Å²) in [6, 6.07) is 14.8. The molecule has 0 radical (unpaired) electrons. The molecule has 2 aromatic carbocycles. The smallest absolute Gasteiger partial charge is 0.307 e. The van der Waals surface area contributed by atoms with Crippen LogP contribution in [0.4, 0.5) is 5.69 Å². The second kappa shape index (κ2) is 9.47. The molecule has 0 saturated heterocycles. The van der Waals surface area contributed by atoms with Crippen LogP contribution in [0.15, 0.2) is 53.4 Å². The van der Waals surface area contributed by atoms with Gasteiger partial charge in [0.15, 0.2) is 6.61 Å². The molecule has 1 heterocycles. The molecule has 0 unspecified atom stereocenters. The molecule has 0 spiro atoms. The molecule has 1 aliphatic heterocycles. The number of amides is 2. The van der Waals surface area contributed by atoms with E-state index >= 15 is 0 Å². The normalized spacial score (nSPS) is 15.1. The van der Waals surface area contributed by atoms with E-state index in [2.05, 4.69) is 5.32 Å². The number of likely N-dealkylation sites (N-methyl/N-ethyl adjacent to an activating group) is 1. The van der Waals surface area contributed by atoms with Crippen molar-refractivity contribution in [3.8, 4) is 5.75 Å². The predicted octanol–water partition coefficient (Wildman–Crippen LogP) is 2.70. The number of nitrogens with one attached hydrogen (secondary N) is 1. The van der Waals surface area contributed by atoms with E-state index in [0.29, 0.717) is 12.3 Å². The van der Waals surface area contributed by atoms with Gasteiger partial charge in [0.1, 0.15) is 5.75 Å². The summed E-state index contributed by atoms with van der Waals surface area (Å²) in [6.45, 7) is 0.000144. The third kappa shape index (κ3) is 5.51. The molecule has 0 fully saturated rings. The molecule has 0 aromatic heterocycles. The van der Waals surface area contributed by atoms with Gasteiger partial charge in [-0.15, -0.1) is 11.8 Å². The SMILES string of the molecule is COc1cccc(CN(C)C(=O)COC(=O)C[C@H]2Sc3ccccc3NC2=O)c1. The zero-order valence-corrected chi connectivity index (χ0v) is 17.0. The molecule has 7 nitrogen and oxygen atoms in total. The van der Waals surface area contributed by atoms with Crippen molar-refractivity contribution in [2.45, 2.75) is 23.1 Å². The maximum atomic E-state index is 12.3. The second-order valence-electron chi connectivity index (χ2n) is 6.56. The first kappa shape index (κ1) is 20.7. The van der Waals surface area contributed by atoms with E-state index in [9.17, 15) is 14.4 Å². The van der Waals surface area contributed by atoms with Gasteiger partial charge in [-0.1, -0.05) is 24.3 Å². The second-order valence-corrected chi connectivity index (χ2v) is 7.80. The maximum absolute atomic E-state index is 12.3. The summed E-state index contributed by atoms with van der Waals surface area (Å²) < 4.78 is 10.3.